The fraction of sp³-hybridized carbons (Fsp3) is 0.115. The number of ether oxygens (including phenoxy) is 3. The molecule has 158 valence electrons. The lowest BCUT2D eigenvalue weighted by molar-refractivity contribution is 0.104. The number of hydrogen-bond donors (Lipinski definition) is 1. The summed E-state index contributed by atoms with van der Waals surface area (Å²) in [5.41, 5.74) is 3.39. The minimum absolute atomic E-state index is 0.0569. The standard InChI is InChI=1S/C26H25NO4/c1-29-24-17-19(18-25(30-2)26(24)31-3)13-14-20-9-7-8-12-22(20)27-16-15-23(28)21-10-5-4-6-11-21/h4-18,27H,1-3H3/b14-13+,16-15-. The summed E-state index contributed by atoms with van der Waals surface area (Å²) in [4.78, 5) is 12.2. The topological polar surface area (TPSA) is 56.8 Å². The number of anilines is 1. The lowest BCUT2D eigenvalue weighted by Crippen LogP contribution is -1.96. The molecule has 0 saturated heterocycles. The van der Waals surface area contributed by atoms with Crippen LogP contribution in [0.25, 0.3) is 12.2 Å². The molecule has 0 saturated carbocycles. The lowest BCUT2D eigenvalue weighted by Gasteiger charge is -2.13. The molecule has 0 fully saturated rings. The molecule has 0 amide bonds. The van der Waals surface area contributed by atoms with Crippen molar-refractivity contribution in [3.8, 4) is 17.2 Å². The van der Waals surface area contributed by atoms with Crippen LogP contribution in [0.2, 0.25) is 0 Å². The van der Waals surface area contributed by atoms with Crippen LogP contribution in [-0.2, 0) is 0 Å². The van der Waals surface area contributed by atoms with E-state index in [9.17, 15) is 4.79 Å². The van der Waals surface area contributed by atoms with Gasteiger partial charge in [0.1, 0.15) is 0 Å². The van der Waals surface area contributed by atoms with E-state index in [1.165, 1.54) is 6.08 Å². The van der Waals surface area contributed by atoms with Gasteiger partial charge in [0.2, 0.25) is 5.75 Å². The second-order valence-electron chi connectivity index (χ2n) is 6.59. The first-order valence-electron chi connectivity index (χ1n) is 9.76. The van der Waals surface area contributed by atoms with E-state index in [2.05, 4.69) is 5.32 Å². The third kappa shape index (κ3) is 5.54. The summed E-state index contributed by atoms with van der Waals surface area (Å²) < 4.78 is 16.2. The van der Waals surface area contributed by atoms with Crippen LogP contribution < -0.4 is 19.5 Å². The zero-order chi connectivity index (χ0) is 22.1. The number of carbonyl (C=O) groups is 1. The van der Waals surface area contributed by atoms with Crippen molar-refractivity contribution >= 4 is 23.6 Å². The van der Waals surface area contributed by atoms with E-state index < -0.39 is 0 Å². The molecule has 5 heteroatoms. The van der Waals surface area contributed by atoms with Crippen molar-refractivity contribution in [2.24, 2.45) is 0 Å². The highest BCUT2D eigenvalue weighted by Crippen LogP contribution is 2.38. The summed E-state index contributed by atoms with van der Waals surface area (Å²) >= 11 is 0. The largest absolute Gasteiger partial charge is 0.493 e. The Balaban J connectivity index is 1.78. The maximum atomic E-state index is 12.2. The Morgan fingerprint density at radius 1 is 0.806 bits per heavy atom. The number of allylic oxidation sites excluding steroid dienone is 1. The van der Waals surface area contributed by atoms with Gasteiger partial charge in [-0.1, -0.05) is 60.7 Å². The Kier molecular flexibility index (Phi) is 7.49. The number of rotatable bonds is 9. The molecule has 0 aliphatic rings. The second-order valence-corrected chi connectivity index (χ2v) is 6.59. The molecule has 3 rings (SSSR count). The molecule has 1 N–H and O–H groups in total. The van der Waals surface area contributed by atoms with Crippen LogP contribution in [0.3, 0.4) is 0 Å². The van der Waals surface area contributed by atoms with Gasteiger partial charge in [-0.3, -0.25) is 4.79 Å². The fourth-order valence-corrected chi connectivity index (χ4v) is 3.06. The van der Waals surface area contributed by atoms with Gasteiger partial charge in [-0.15, -0.1) is 0 Å². The van der Waals surface area contributed by atoms with E-state index in [1.54, 1.807) is 39.7 Å². The molecule has 3 aromatic rings. The highest BCUT2D eigenvalue weighted by Gasteiger charge is 2.12. The van der Waals surface area contributed by atoms with Crippen molar-refractivity contribution < 1.29 is 19.0 Å². The van der Waals surface area contributed by atoms with Gasteiger partial charge in [0.05, 0.1) is 21.3 Å². The molecule has 0 bridgehead atoms. The molecule has 0 spiro atoms. The first-order chi connectivity index (χ1) is 15.2. The number of methoxy groups -OCH3 is 3. The molecule has 0 aromatic heterocycles. The van der Waals surface area contributed by atoms with Crippen LogP contribution >= 0.6 is 0 Å². The molecule has 0 aliphatic carbocycles. The highest BCUT2D eigenvalue weighted by atomic mass is 16.5. The summed E-state index contributed by atoms with van der Waals surface area (Å²) in [5, 5.41) is 3.19. The zero-order valence-corrected chi connectivity index (χ0v) is 17.8. The van der Waals surface area contributed by atoms with E-state index in [0.29, 0.717) is 22.8 Å². The molecule has 0 radical (unpaired) electrons. The first-order valence-corrected chi connectivity index (χ1v) is 9.76. The van der Waals surface area contributed by atoms with Gasteiger partial charge in [0, 0.05) is 23.5 Å². The van der Waals surface area contributed by atoms with Crippen LogP contribution in [0.5, 0.6) is 17.2 Å². The van der Waals surface area contributed by atoms with E-state index in [1.807, 2.05) is 66.7 Å². The SMILES string of the molecule is COc1cc(/C=C/c2ccccc2N/C=C\C(=O)c2ccccc2)cc(OC)c1OC. The molecule has 5 nitrogen and oxygen atoms in total. The van der Waals surface area contributed by atoms with Crippen molar-refractivity contribution in [3.05, 3.63) is 95.7 Å². The molecular weight excluding hydrogens is 390 g/mol. The zero-order valence-electron chi connectivity index (χ0n) is 17.8. The maximum Gasteiger partial charge on any atom is 0.203 e. The average Bonchev–Trinajstić information content (AvgIpc) is 2.83. The molecule has 0 unspecified atom stereocenters. The Morgan fingerprint density at radius 3 is 2.10 bits per heavy atom. The quantitative estimate of drug-likeness (QED) is 0.276. The van der Waals surface area contributed by atoms with Crippen molar-refractivity contribution in [1.29, 1.82) is 0 Å². The molecule has 31 heavy (non-hydrogen) atoms. The monoisotopic (exact) mass is 415 g/mol. The van der Waals surface area contributed by atoms with E-state index in [-0.39, 0.29) is 5.78 Å². The number of benzene rings is 3. The normalized spacial score (nSPS) is 10.9. The van der Waals surface area contributed by atoms with Gasteiger partial charge in [-0.25, -0.2) is 0 Å². The molecular formula is C26H25NO4. The van der Waals surface area contributed by atoms with Crippen LogP contribution in [-0.4, -0.2) is 27.1 Å². The predicted octanol–water partition coefficient (Wildman–Crippen LogP) is 5.69. The van der Waals surface area contributed by atoms with Crippen molar-refractivity contribution in [3.63, 3.8) is 0 Å². The van der Waals surface area contributed by atoms with Crippen LogP contribution in [0.1, 0.15) is 21.5 Å². The van der Waals surface area contributed by atoms with Crippen molar-refractivity contribution in [2.45, 2.75) is 0 Å². The van der Waals surface area contributed by atoms with Crippen LogP contribution in [0, 0.1) is 0 Å². The Bertz CT molecular complexity index is 1060. The third-order valence-electron chi connectivity index (χ3n) is 4.64. The van der Waals surface area contributed by atoms with Gasteiger partial charge in [0.15, 0.2) is 17.3 Å². The molecule has 0 aliphatic heterocycles. The van der Waals surface area contributed by atoms with E-state index in [4.69, 9.17) is 14.2 Å². The first kappa shape index (κ1) is 21.7. The summed E-state index contributed by atoms with van der Waals surface area (Å²) in [6.45, 7) is 0. The predicted molar refractivity (Wildman–Crippen MR) is 125 cm³/mol. The lowest BCUT2D eigenvalue weighted by atomic mass is 10.1. The number of hydrogen-bond acceptors (Lipinski definition) is 5. The minimum atomic E-state index is -0.0569. The maximum absolute atomic E-state index is 12.2. The molecule has 3 aromatic carbocycles. The number of nitrogens with one attached hydrogen (secondary N) is 1. The Hall–Kier alpha value is -3.99. The fourth-order valence-electron chi connectivity index (χ4n) is 3.06. The van der Waals surface area contributed by atoms with Crippen LogP contribution in [0.15, 0.2) is 79.0 Å². The van der Waals surface area contributed by atoms with Gasteiger partial charge >= 0.3 is 0 Å². The molecule has 0 atom stereocenters. The van der Waals surface area contributed by atoms with Gasteiger partial charge in [0.25, 0.3) is 0 Å². The van der Waals surface area contributed by atoms with Crippen LogP contribution in [0.4, 0.5) is 5.69 Å². The van der Waals surface area contributed by atoms with E-state index in [0.717, 1.165) is 16.8 Å². The van der Waals surface area contributed by atoms with Gasteiger partial charge < -0.3 is 19.5 Å². The third-order valence-corrected chi connectivity index (χ3v) is 4.64. The summed E-state index contributed by atoms with van der Waals surface area (Å²) in [6.07, 6.45) is 7.12. The number of ketones is 1. The van der Waals surface area contributed by atoms with Crippen molar-refractivity contribution in [2.75, 3.05) is 26.6 Å². The Morgan fingerprint density at radius 2 is 1.45 bits per heavy atom. The smallest absolute Gasteiger partial charge is 0.203 e. The van der Waals surface area contributed by atoms with Gasteiger partial charge in [-0.2, -0.15) is 0 Å². The molecule has 0 heterocycles. The number of carbonyl (C=O) groups excluding carboxylic acids is 1. The summed E-state index contributed by atoms with van der Waals surface area (Å²) in [5.74, 6) is 1.68. The number of para-hydroxylation sites is 1. The summed E-state index contributed by atoms with van der Waals surface area (Å²) in [6, 6.07) is 20.8. The average molecular weight is 415 g/mol. The minimum Gasteiger partial charge on any atom is -0.493 e. The van der Waals surface area contributed by atoms with E-state index >= 15 is 0 Å². The Labute approximate surface area is 182 Å². The van der Waals surface area contributed by atoms with Crippen molar-refractivity contribution in [1.82, 2.24) is 0 Å². The second kappa shape index (κ2) is 10.7. The highest BCUT2D eigenvalue weighted by molar-refractivity contribution is 6.04. The van der Waals surface area contributed by atoms with Gasteiger partial charge in [-0.05, 0) is 29.3 Å². The summed E-state index contributed by atoms with van der Waals surface area (Å²) in [7, 11) is 4.76.